The fourth-order valence-electron chi connectivity index (χ4n) is 3.55. The monoisotopic (exact) mass is 499 g/mol. The smallest absolute Gasteiger partial charge is 0.341 e. The zero-order chi connectivity index (χ0) is 24.8. The Labute approximate surface area is 208 Å². The summed E-state index contributed by atoms with van der Waals surface area (Å²) >= 11 is 6.67. The molecule has 34 heavy (non-hydrogen) atoms. The molecule has 0 fully saturated rings. The third-order valence-corrected chi connectivity index (χ3v) is 6.89. The Bertz CT molecular complexity index is 1200. The van der Waals surface area contributed by atoms with Crippen LogP contribution in [-0.4, -0.2) is 51.9 Å². The van der Waals surface area contributed by atoms with Gasteiger partial charge in [0.05, 0.1) is 36.0 Å². The summed E-state index contributed by atoms with van der Waals surface area (Å²) < 4.78 is 6.78. The van der Waals surface area contributed by atoms with Crippen molar-refractivity contribution < 1.29 is 14.3 Å². The molecule has 8 nitrogen and oxygen atoms in total. The molecule has 2 aromatic heterocycles. The molecule has 180 valence electrons. The van der Waals surface area contributed by atoms with Crippen molar-refractivity contribution in [2.45, 2.75) is 34.2 Å². The summed E-state index contributed by atoms with van der Waals surface area (Å²) in [6, 6.07) is 8.15. The van der Waals surface area contributed by atoms with E-state index in [0.717, 1.165) is 0 Å². The van der Waals surface area contributed by atoms with E-state index < -0.39 is 5.97 Å². The van der Waals surface area contributed by atoms with Gasteiger partial charge in [-0.15, -0.1) is 11.3 Å². The van der Waals surface area contributed by atoms with E-state index in [1.54, 1.807) is 18.0 Å². The molecule has 0 unspecified atom stereocenters. The van der Waals surface area contributed by atoms with Crippen LogP contribution in [0.4, 0.5) is 10.7 Å². The predicted molar refractivity (Wildman–Crippen MR) is 140 cm³/mol. The topological polar surface area (TPSA) is 88.5 Å². The van der Waals surface area contributed by atoms with Crippen LogP contribution in [0.25, 0.3) is 0 Å². The van der Waals surface area contributed by atoms with Crippen molar-refractivity contribution in [3.05, 3.63) is 63.8 Å². The summed E-state index contributed by atoms with van der Waals surface area (Å²) in [6.07, 6.45) is 3.54. The van der Waals surface area contributed by atoms with Gasteiger partial charge >= 0.3 is 5.97 Å². The predicted octanol–water partition coefficient (Wildman–Crippen LogP) is 4.69. The van der Waals surface area contributed by atoms with Crippen LogP contribution < -0.4 is 10.6 Å². The van der Waals surface area contributed by atoms with Crippen molar-refractivity contribution in [3.8, 4) is 0 Å². The maximum atomic E-state index is 13.0. The molecule has 10 heteroatoms. The van der Waals surface area contributed by atoms with Gasteiger partial charge in [0.25, 0.3) is 5.91 Å². The second-order valence-electron chi connectivity index (χ2n) is 7.66. The standard InChI is InChI=1S/C24H29N5O3S2/c1-6-28(7-2)22(30)20-16(4)19(23(31)32-5)21(34-20)27-24(33)26-18-12-25-29(14-18)13-17-11-9-8-10-15(17)3/h8-12,14H,6-7,13H2,1-5H3,(H2,26,27,33). The molecule has 0 saturated carbocycles. The molecule has 0 radical (unpaired) electrons. The van der Waals surface area contributed by atoms with Gasteiger partial charge in [-0.05, 0) is 56.6 Å². The lowest BCUT2D eigenvalue weighted by Gasteiger charge is -2.17. The molecule has 0 aliphatic carbocycles. The van der Waals surface area contributed by atoms with E-state index in [9.17, 15) is 9.59 Å². The van der Waals surface area contributed by atoms with E-state index in [0.29, 0.717) is 46.3 Å². The van der Waals surface area contributed by atoms with Gasteiger partial charge in [-0.25, -0.2) is 4.79 Å². The number of hydrogen-bond acceptors (Lipinski definition) is 6. The van der Waals surface area contributed by atoms with Gasteiger partial charge in [-0.1, -0.05) is 24.3 Å². The summed E-state index contributed by atoms with van der Waals surface area (Å²) in [5.74, 6) is -0.647. The highest BCUT2D eigenvalue weighted by Gasteiger charge is 2.27. The van der Waals surface area contributed by atoms with Crippen molar-refractivity contribution in [2.75, 3.05) is 30.8 Å². The van der Waals surface area contributed by atoms with E-state index in [4.69, 9.17) is 17.0 Å². The number of carbonyl (C=O) groups is 2. The van der Waals surface area contributed by atoms with Crippen LogP contribution in [0.5, 0.6) is 0 Å². The zero-order valence-corrected chi connectivity index (χ0v) is 21.6. The summed E-state index contributed by atoms with van der Waals surface area (Å²) in [7, 11) is 1.31. The number of nitrogens with zero attached hydrogens (tertiary/aromatic N) is 3. The van der Waals surface area contributed by atoms with Crippen molar-refractivity contribution in [1.29, 1.82) is 0 Å². The number of aryl methyl sites for hydroxylation is 1. The van der Waals surface area contributed by atoms with Crippen molar-refractivity contribution in [1.82, 2.24) is 14.7 Å². The Morgan fingerprint density at radius 1 is 1.18 bits per heavy atom. The molecule has 0 bridgehead atoms. The first-order valence-corrected chi connectivity index (χ1v) is 12.2. The summed E-state index contributed by atoms with van der Waals surface area (Å²) in [4.78, 5) is 27.6. The number of methoxy groups -OCH3 is 1. The number of aromatic nitrogens is 2. The number of hydrogen-bond donors (Lipinski definition) is 2. The van der Waals surface area contributed by atoms with Gasteiger partial charge in [-0.3, -0.25) is 9.48 Å². The number of thiophene rings is 1. The molecule has 0 atom stereocenters. The van der Waals surface area contributed by atoms with Crippen molar-refractivity contribution in [2.24, 2.45) is 0 Å². The number of rotatable bonds is 8. The van der Waals surface area contributed by atoms with Gasteiger partial charge < -0.3 is 20.3 Å². The Morgan fingerprint density at radius 2 is 1.88 bits per heavy atom. The fourth-order valence-corrected chi connectivity index (χ4v) is 5.00. The van der Waals surface area contributed by atoms with E-state index in [1.165, 1.54) is 29.6 Å². The van der Waals surface area contributed by atoms with Gasteiger partial charge in [0.1, 0.15) is 5.00 Å². The Morgan fingerprint density at radius 3 is 2.53 bits per heavy atom. The SMILES string of the molecule is CCN(CC)C(=O)c1sc(NC(=S)Nc2cnn(Cc3ccccc3C)c2)c(C(=O)OC)c1C. The zero-order valence-electron chi connectivity index (χ0n) is 20.0. The Kier molecular flexibility index (Phi) is 8.41. The number of nitrogens with one attached hydrogen (secondary N) is 2. The van der Waals surface area contributed by atoms with E-state index >= 15 is 0 Å². The average Bonchev–Trinajstić information content (AvgIpc) is 3.38. The third kappa shape index (κ3) is 5.63. The maximum absolute atomic E-state index is 13.0. The lowest BCUT2D eigenvalue weighted by Crippen LogP contribution is -2.30. The number of carbonyl (C=O) groups excluding carboxylic acids is 2. The molecule has 0 spiro atoms. The largest absolute Gasteiger partial charge is 0.465 e. The highest BCUT2D eigenvalue weighted by Crippen LogP contribution is 2.34. The average molecular weight is 500 g/mol. The Balaban J connectivity index is 1.77. The minimum Gasteiger partial charge on any atom is -0.465 e. The molecule has 0 aliphatic rings. The Hall–Kier alpha value is -3.24. The third-order valence-electron chi connectivity index (χ3n) is 5.49. The summed E-state index contributed by atoms with van der Waals surface area (Å²) in [5, 5.41) is 11.3. The molecular weight excluding hydrogens is 470 g/mol. The van der Waals surface area contributed by atoms with Gasteiger partial charge in [0.2, 0.25) is 0 Å². The van der Waals surface area contributed by atoms with Gasteiger partial charge in [0, 0.05) is 19.3 Å². The number of esters is 1. The molecule has 2 N–H and O–H groups in total. The van der Waals surface area contributed by atoms with Crippen LogP contribution in [0.1, 0.15) is 50.6 Å². The summed E-state index contributed by atoms with van der Waals surface area (Å²) in [6.45, 7) is 9.45. The van der Waals surface area contributed by atoms with Gasteiger partial charge in [-0.2, -0.15) is 5.10 Å². The molecule has 0 aliphatic heterocycles. The number of thiocarbonyl (C=S) groups is 1. The molecule has 3 aromatic rings. The lowest BCUT2D eigenvalue weighted by molar-refractivity contribution is 0.0601. The molecule has 1 amide bonds. The van der Waals surface area contributed by atoms with Crippen LogP contribution in [0.2, 0.25) is 0 Å². The van der Waals surface area contributed by atoms with Crippen LogP contribution in [0.3, 0.4) is 0 Å². The quantitative estimate of drug-likeness (QED) is 0.343. The van der Waals surface area contributed by atoms with E-state index in [1.807, 2.05) is 36.9 Å². The maximum Gasteiger partial charge on any atom is 0.341 e. The number of anilines is 2. The molecule has 2 heterocycles. The van der Waals surface area contributed by atoms with Gasteiger partial charge in [0.15, 0.2) is 5.11 Å². The minimum atomic E-state index is -0.524. The first-order valence-electron chi connectivity index (χ1n) is 10.9. The van der Waals surface area contributed by atoms with Crippen molar-refractivity contribution in [3.63, 3.8) is 0 Å². The summed E-state index contributed by atoms with van der Waals surface area (Å²) in [5.41, 5.74) is 3.97. The fraction of sp³-hybridized carbons (Fsp3) is 0.333. The van der Waals surface area contributed by atoms with Crippen molar-refractivity contribution >= 4 is 51.2 Å². The number of benzene rings is 1. The van der Waals surface area contributed by atoms with Crippen LogP contribution >= 0.6 is 23.6 Å². The van der Waals surface area contributed by atoms with Crippen LogP contribution in [0, 0.1) is 13.8 Å². The normalized spacial score (nSPS) is 10.6. The van der Waals surface area contributed by atoms with E-state index in [-0.39, 0.29) is 11.0 Å². The molecular formula is C24H29N5O3S2. The highest BCUT2D eigenvalue weighted by atomic mass is 32.1. The number of amides is 1. The first-order chi connectivity index (χ1) is 16.3. The van der Waals surface area contributed by atoms with Crippen LogP contribution in [0.15, 0.2) is 36.7 Å². The van der Waals surface area contributed by atoms with Crippen LogP contribution in [-0.2, 0) is 11.3 Å². The minimum absolute atomic E-state index is 0.123. The molecule has 3 rings (SSSR count). The lowest BCUT2D eigenvalue weighted by atomic mass is 10.1. The van der Waals surface area contributed by atoms with E-state index in [2.05, 4.69) is 34.8 Å². The molecule has 0 saturated heterocycles. The second-order valence-corrected chi connectivity index (χ2v) is 9.09. The number of ether oxygens (including phenoxy) is 1. The second kappa shape index (κ2) is 11.3. The highest BCUT2D eigenvalue weighted by molar-refractivity contribution is 7.80. The molecule has 1 aromatic carbocycles. The first kappa shape index (κ1) is 25.4.